The normalized spacial score (nSPS) is 12.8. The topological polar surface area (TPSA) is 91.8 Å². The number of nitrogens with zero attached hydrogens (tertiary/aromatic N) is 1. The number of hydrogen-bond acceptors (Lipinski definition) is 4. The second-order valence-electron chi connectivity index (χ2n) is 4.63. The van der Waals surface area contributed by atoms with Gasteiger partial charge in [-0.05, 0) is 26.0 Å². The number of carbonyl (C=O) groups is 2. The number of rotatable bonds is 5. The molecule has 0 spiro atoms. The van der Waals surface area contributed by atoms with Crippen LogP contribution in [-0.2, 0) is 19.4 Å². The molecule has 110 valence electrons. The first kappa shape index (κ1) is 16.2. The molecule has 1 aromatic rings. The SMILES string of the molecule is Cc1ccc(N(CC(=O)O)C(=O)C(C)S(C)(=O)=O)cc1. The van der Waals surface area contributed by atoms with Crippen molar-refractivity contribution in [2.24, 2.45) is 0 Å². The van der Waals surface area contributed by atoms with Gasteiger partial charge in [-0.3, -0.25) is 9.59 Å². The standard InChI is InChI=1S/C13H17NO5S/c1-9-4-6-11(7-5-9)14(8-12(15)16)13(17)10(2)20(3,18)19/h4-7,10H,8H2,1-3H3,(H,15,16). The van der Waals surface area contributed by atoms with E-state index >= 15 is 0 Å². The highest BCUT2D eigenvalue weighted by Crippen LogP contribution is 2.17. The van der Waals surface area contributed by atoms with E-state index in [1.165, 1.54) is 6.92 Å². The second-order valence-corrected chi connectivity index (χ2v) is 6.99. The Morgan fingerprint density at radius 1 is 1.25 bits per heavy atom. The van der Waals surface area contributed by atoms with E-state index < -0.39 is 33.5 Å². The summed E-state index contributed by atoms with van der Waals surface area (Å²) >= 11 is 0. The van der Waals surface area contributed by atoms with Gasteiger partial charge in [-0.2, -0.15) is 0 Å². The minimum Gasteiger partial charge on any atom is -0.480 e. The number of carboxylic acid groups (broad SMARTS) is 1. The van der Waals surface area contributed by atoms with Gasteiger partial charge >= 0.3 is 5.97 Å². The van der Waals surface area contributed by atoms with Crippen LogP contribution < -0.4 is 4.90 Å². The fraction of sp³-hybridized carbons (Fsp3) is 0.385. The smallest absolute Gasteiger partial charge is 0.323 e. The summed E-state index contributed by atoms with van der Waals surface area (Å²) in [6, 6.07) is 6.63. The van der Waals surface area contributed by atoms with Gasteiger partial charge in [0.15, 0.2) is 9.84 Å². The molecular weight excluding hydrogens is 282 g/mol. The van der Waals surface area contributed by atoms with Crippen LogP contribution >= 0.6 is 0 Å². The first-order chi connectivity index (χ1) is 9.12. The molecule has 0 saturated heterocycles. The molecule has 0 bridgehead atoms. The quantitative estimate of drug-likeness (QED) is 0.870. The number of carboxylic acids is 1. The van der Waals surface area contributed by atoms with E-state index in [1.807, 2.05) is 6.92 Å². The van der Waals surface area contributed by atoms with E-state index in [0.717, 1.165) is 16.7 Å². The van der Waals surface area contributed by atoms with Gasteiger partial charge < -0.3 is 10.0 Å². The van der Waals surface area contributed by atoms with Gasteiger partial charge in [0.2, 0.25) is 5.91 Å². The Morgan fingerprint density at radius 3 is 2.15 bits per heavy atom. The van der Waals surface area contributed by atoms with Gasteiger partial charge in [-0.1, -0.05) is 17.7 Å². The lowest BCUT2D eigenvalue weighted by Crippen LogP contribution is -2.44. The third kappa shape index (κ3) is 4.06. The first-order valence-electron chi connectivity index (χ1n) is 5.91. The van der Waals surface area contributed by atoms with E-state index in [9.17, 15) is 18.0 Å². The van der Waals surface area contributed by atoms with Gasteiger partial charge in [0.1, 0.15) is 11.8 Å². The van der Waals surface area contributed by atoms with Crippen molar-refractivity contribution < 1.29 is 23.1 Å². The maximum absolute atomic E-state index is 12.2. The van der Waals surface area contributed by atoms with Crippen molar-refractivity contribution in [3.63, 3.8) is 0 Å². The van der Waals surface area contributed by atoms with Crippen LogP contribution in [0.4, 0.5) is 5.69 Å². The molecule has 1 rings (SSSR count). The number of amides is 1. The van der Waals surface area contributed by atoms with E-state index in [0.29, 0.717) is 5.69 Å². The van der Waals surface area contributed by atoms with Gasteiger partial charge in [0, 0.05) is 11.9 Å². The summed E-state index contributed by atoms with van der Waals surface area (Å²) < 4.78 is 22.9. The van der Waals surface area contributed by atoms with Crippen molar-refractivity contribution in [1.29, 1.82) is 0 Å². The maximum atomic E-state index is 12.2. The number of hydrogen-bond donors (Lipinski definition) is 1. The highest BCUT2D eigenvalue weighted by molar-refractivity contribution is 7.92. The Kier molecular flexibility index (Phi) is 4.88. The predicted molar refractivity (Wildman–Crippen MR) is 75.5 cm³/mol. The summed E-state index contributed by atoms with van der Waals surface area (Å²) in [6.07, 6.45) is 0.948. The number of benzene rings is 1. The van der Waals surface area contributed by atoms with Crippen molar-refractivity contribution in [2.45, 2.75) is 19.1 Å². The summed E-state index contributed by atoms with van der Waals surface area (Å²) in [5.41, 5.74) is 1.31. The number of aliphatic carboxylic acids is 1. The molecule has 6 nitrogen and oxygen atoms in total. The molecule has 0 radical (unpaired) electrons. The molecule has 0 fully saturated rings. The minimum absolute atomic E-state index is 0.360. The lowest BCUT2D eigenvalue weighted by atomic mass is 10.2. The highest BCUT2D eigenvalue weighted by Gasteiger charge is 2.30. The Hall–Kier alpha value is -1.89. The van der Waals surface area contributed by atoms with Crippen molar-refractivity contribution >= 4 is 27.4 Å². The summed E-state index contributed by atoms with van der Waals surface area (Å²) in [5, 5.41) is 7.60. The number of sulfone groups is 1. The van der Waals surface area contributed by atoms with Crippen LogP contribution in [-0.4, -0.2) is 43.5 Å². The Labute approximate surface area is 117 Å². The zero-order valence-electron chi connectivity index (χ0n) is 11.5. The Balaban J connectivity index is 3.16. The van der Waals surface area contributed by atoms with Gasteiger partial charge in [-0.15, -0.1) is 0 Å². The average Bonchev–Trinajstić information content (AvgIpc) is 2.34. The molecule has 20 heavy (non-hydrogen) atoms. The zero-order valence-corrected chi connectivity index (χ0v) is 12.3. The molecule has 0 aromatic heterocycles. The number of carbonyl (C=O) groups excluding carboxylic acids is 1. The Morgan fingerprint density at radius 2 is 1.75 bits per heavy atom. The lowest BCUT2D eigenvalue weighted by Gasteiger charge is -2.23. The van der Waals surface area contributed by atoms with E-state index in [1.54, 1.807) is 24.3 Å². The molecule has 1 amide bonds. The minimum atomic E-state index is -3.58. The monoisotopic (exact) mass is 299 g/mol. The summed E-state index contributed by atoms with van der Waals surface area (Å²) in [4.78, 5) is 24.0. The van der Waals surface area contributed by atoms with Crippen molar-refractivity contribution in [1.82, 2.24) is 0 Å². The predicted octanol–water partition coefficient (Wildman–Crippen LogP) is 0.846. The maximum Gasteiger partial charge on any atom is 0.323 e. The molecule has 0 heterocycles. The van der Waals surface area contributed by atoms with Crippen LogP contribution in [0.1, 0.15) is 12.5 Å². The molecule has 1 unspecified atom stereocenters. The van der Waals surface area contributed by atoms with Crippen LogP contribution in [0.3, 0.4) is 0 Å². The van der Waals surface area contributed by atoms with Crippen LogP contribution in [0.15, 0.2) is 24.3 Å². The molecule has 0 saturated carbocycles. The Bertz CT molecular complexity index is 606. The molecule has 1 atom stereocenters. The van der Waals surface area contributed by atoms with Crippen molar-refractivity contribution in [3.05, 3.63) is 29.8 Å². The number of anilines is 1. The molecule has 1 aromatic carbocycles. The van der Waals surface area contributed by atoms with Crippen molar-refractivity contribution in [2.75, 3.05) is 17.7 Å². The fourth-order valence-electron chi connectivity index (χ4n) is 1.56. The van der Waals surface area contributed by atoms with Crippen LogP contribution in [0.25, 0.3) is 0 Å². The summed E-state index contributed by atoms with van der Waals surface area (Å²) in [5.74, 6) is -1.96. The average molecular weight is 299 g/mol. The molecule has 7 heteroatoms. The van der Waals surface area contributed by atoms with E-state index in [2.05, 4.69) is 0 Å². The van der Waals surface area contributed by atoms with E-state index in [-0.39, 0.29) is 0 Å². The third-order valence-electron chi connectivity index (χ3n) is 2.90. The first-order valence-corrected chi connectivity index (χ1v) is 7.87. The lowest BCUT2D eigenvalue weighted by molar-refractivity contribution is -0.136. The largest absolute Gasteiger partial charge is 0.480 e. The summed E-state index contributed by atoms with van der Waals surface area (Å²) in [6.45, 7) is 2.52. The molecule has 0 aliphatic carbocycles. The van der Waals surface area contributed by atoms with Crippen LogP contribution in [0.5, 0.6) is 0 Å². The zero-order chi connectivity index (χ0) is 15.5. The molecular formula is C13H17NO5S. The molecule has 1 N–H and O–H groups in total. The van der Waals surface area contributed by atoms with Crippen LogP contribution in [0, 0.1) is 6.92 Å². The van der Waals surface area contributed by atoms with Gasteiger partial charge in [-0.25, -0.2) is 8.42 Å². The van der Waals surface area contributed by atoms with Gasteiger partial charge in [0.05, 0.1) is 0 Å². The molecule has 0 aliphatic heterocycles. The third-order valence-corrected chi connectivity index (χ3v) is 4.38. The second kappa shape index (κ2) is 6.04. The molecule has 0 aliphatic rings. The number of aryl methyl sites for hydroxylation is 1. The highest BCUT2D eigenvalue weighted by atomic mass is 32.2. The van der Waals surface area contributed by atoms with Crippen molar-refractivity contribution in [3.8, 4) is 0 Å². The summed E-state index contributed by atoms with van der Waals surface area (Å²) in [7, 11) is -3.58. The van der Waals surface area contributed by atoms with E-state index in [4.69, 9.17) is 5.11 Å². The van der Waals surface area contributed by atoms with Gasteiger partial charge in [0.25, 0.3) is 0 Å². The fourth-order valence-corrected chi connectivity index (χ4v) is 2.05. The van der Waals surface area contributed by atoms with Crippen LogP contribution in [0.2, 0.25) is 0 Å².